The SMILES string of the molecule is CSc1nc(N)cc(NC2(CO)CCC(C)CC2)n1. The van der Waals surface area contributed by atoms with Gasteiger partial charge in [-0.15, -0.1) is 0 Å². The minimum Gasteiger partial charge on any atom is -0.394 e. The Hall–Kier alpha value is -1.01. The Labute approximate surface area is 118 Å². The third-order valence-electron chi connectivity index (χ3n) is 3.84. The van der Waals surface area contributed by atoms with Crippen LogP contribution in [-0.2, 0) is 0 Å². The Morgan fingerprint density at radius 3 is 2.74 bits per heavy atom. The molecule has 0 spiro atoms. The van der Waals surface area contributed by atoms with Crippen LogP contribution >= 0.6 is 11.8 Å². The third-order valence-corrected chi connectivity index (χ3v) is 4.38. The zero-order valence-electron chi connectivity index (χ0n) is 11.5. The lowest BCUT2D eigenvalue weighted by atomic mass is 9.77. The Balaban J connectivity index is 2.16. The lowest BCUT2D eigenvalue weighted by molar-refractivity contribution is 0.155. The number of nitrogens with two attached hydrogens (primary N) is 1. The summed E-state index contributed by atoms with van der Waals surface area (Å²) in [4.78, 5) is 8.54. The number of aromatic nitrogens is 2. The first-order valence-electron chi connectivity index (χ1n) is 6.64. The molecule has 1 fully saturated rings. The summed E-state index contributed by atoms with van der Waals surface area (Å²) in [5.41, 5.74) is 5.52. The van der Waals surface area contributed by atoms with Gasteiger partial charge in [-0.3, -0.25) is 0 Å². The number of thioether (sulfide) groups is 1. The molecule has 1 aromatic rings. The number of nitrogen functional groups attached to an aromatic ring is 1. The van der Waals surface area contributed by atoms with Crippen LogP contribution in [0.5, 0.6) is 0 Å². The van der Waals surface area contributed by atoms with E-state index in [-0.39, 0.29) is 12.1 Å². The van der Waals surface area contributed by atoms with Gasteiger partial charge in [0, 0.05) is 6.07 Å². The smallest absolute Gasteiger partial charge is 0.191 e. The van der Waals surface area contributed by atoms with Crippen LogP contribution in [0.15, 0.2) is 11.2 Å². The minimum absolute atomic E-state index is 0.123. The van der Waals surface area contributed by atoms with Gasteiger partial charge in [0.25, 0.3) is 0 Å². The Morgan fingerprint density at radius 1 is 1.47 bits per heavy atom. The maximum atomic E-state index is 9.74. The highest BCUT2D eigenvalue weighted by Gasteiger charge is 2.33. The van der Waals surface area contributed by atoms with Gasteiger partial charge in [0.2, 0.25) is 0 Å². The first-order chi connectivity index (χ1) is 9.07. The summed E-state index contributed by atoms with van der Waals surface area (Å²) in [5, 5.41) is 13.8. The maximum Gasteiger partial charge on any atom is 0.191 e. The molecule has 0 aliphatic heterocycles. The van der Waals surface area contributed by atoms with Gasteiger partial charge in [-0.25, -0.2) is 9.97 Å². The van der Waals surface area contributed by atoms with E-state index in [1.54, 1.807) is 6.07 Å². The number of nitrogens with zero attached hydrogens (tertiary/aromatic N) is 2. The Bertz CT molecular complexity index is 433. The molecule has 106 valence electrons. The molecule has 0 atom stereocenters. The lowest BCUT2D eigenvalue weighted by Crippen LogP contribution is -2.45. The van der Waals surface area contributed by atoms with Crippen LogP contribution in [0.25, 0.3) is 0 Å². The van der Waals surface area contributed by atoms with Crippen LogP contribution in [0.1, 0.15) is 32.6 Å². The minimum atomic E-state index is -0.261. The molecule has 0 aromatic carbocycles. The van der Waals surface area contributed by atoms with Crippen LogP contribution in [0.3, 0.4) is 0 Å². The molecule has 19 heavy (non-hydrogen) atoms. The molecule has 1 saturated carbocycles. The molecule has 0 saturated heterocycles. The molecule has 0 amide bonds. The highest BCUT2D eigenvalue weighted by Crippen LogP contribution is 2.34. The molecule has 6 heteroatoms. The van der Waals surface area contributed by atoms with E-state index in [4.69, 9.17) is 5.73 Å². The van der Waals surface area contributed by atoms with Gasteiger partial charge in [-0.1, -0.05) is 18.7 Å². The molecule has 4 N–H and O–H groups in total. The number of hydrogen-bond acceptors (Lipinski definition) is 6. The Kier molecular flexibility index (Phi) is 4.52. The van der Waals surface area contributed by atoms with E-state index in [1.165, 1.54) is 11.8 Å². The molecule has 0 radical (unpaired) electrons. The fourth-order valence-corrected chi connectivity index (χ4v) is 2.89. The quantitative estimate of drug-likeness (QED) is 0.579. The number of aliphatic hydroxyl groups excluding tert-OH is 1. The van der Waals surface area contributed by atoms with E-state index < -0.39 is 0 Å². The summed E-state index contributed by atoms with van der Waals surface area (Å²) in [6.45, 7) is 2.38. The highest BCUT2D eigenvalue weighted by atomic mass is 32.2. The van der Waals surface area contributed by atoms with Crippen molar-refractivity contribution in [1.29, 1.82) is 0 Å². The Morgan fingerprint density at radius 2 is 2.16 bits per heavy atom. The van der Waals surface area contributed by atoms with Crippen molar-refractivity contribution in [3.05, 3.63) is 6.07 Å². The second-order valence-electron chi connectivity index (χ2n) is 5.41. The number of rotatable bonds is 4. The van der Waals surface area contributed by atoms with Crippen molar-refractivity contribution >= 4 is 23.4 Å². The van der Waals surface area contributed by atoms with Crippen molar-refractivity contribution in [2.24, 2.45) is 5.92 Å². The third kappa shape index (κ3) is 3.51. The van der Waals surface area contributed by atoms with Crippen LogP contribution in [-0.4, -0.2) is 33.5 Å². The summed E-state index contributed by atoms with van der Waals surface area (Å²) >= 11 is 1.46. The van der Waals surface area contributed by atoms with Gasteiger partial charge in [0.1, 0.15) is 11.6 Å². The predicted octanol–water partition coefficient (Wildman–Crippen LogP) is 2.13. The molecule has 1 aliphatic carbocycles. The molecular weight excluding hydrogens is 260 g/mol. The first-order valence-corrected chi connectivity index (χ1v) is 7.87. The highest BCUT2D eigenvalue weighted by molar-refractivity contribution is 7.98. The molecule has 5 nitrogen and oxygen atoms in total. The van der Waals surface area contributed by atoms with Gasteiger partial charge >= 0.3 is 0 Å². The molecular formula is C13H22N4OS. The van der Waals surface area contributed by atoms with Gasteiger partial charge < -0.3 is 16.2 Å². The summed E-state index contributed by atoms with van der Waals surface area (Å²) in [7, 11) is 0. The fraction of sp³-hybridized carbons (Fsp3) is 0.692. The largest absolute Gasteiger partial charge is 0.394 e. The van der Waals surface area contributed by atoms with Gasteiger partial charge in [0.15, 0.2) is 5.16 Å². The molecule has 1 aromatic heterocycles. The first kappa shape index (κ1) is 14.4. The zero-order valence-corrected chi connectivity index (χ0v) is 12.3. The number of hydrogen-bond donors (Lipinski definition) is 3. The standard InChI is InChI=1S/C13H22N4OS/c1-9-3-5-13(8-18,6-4-9)17-11-7-10(14)15-12(16-11)19-2/h7,9,18H,3-6,8H2,1-2H3,(H3,14,15,16,17). The number of anilines is 2. The van der Waals surface area contributed by atoms with E-state index in [2.05, 4.69) is 22.2 Å². The second kappa shape index (κ2) is 5.96. The lowest BCUT2D eigenvalue weighted by Gasteiger charge is -2.39. The maximum absolute atomic E-state index is 9.74. The van der Waals surface area contributed by atoms with E-state index >= 15 is 0 Å². The number of aliphatic hydroxyl groups is 1. The van der Waals surface area contributed by atoms with E-state index in [0.29, 0.717) is 16.8 Å². The van der Waals surface area contributed by atoms with Crippen molar-refractivity contribution < 1.29 is 5.11 Å². The van der Waals surface area contributed by atoms with Gasteiger partial charge in [0.05, 0.1) is 12.1 Å². The van der Waals surface area contributed by atoms with Crippen molar-refractivity contribution in [3.63, 3.8) is 0 Å². The summed E-state index contributed by atoms with van der Waals surface area (Å²) in [5.74, 6) is 1.90. The topological polar surface area (TPSA) is 84.1 Å². The zero-order chi connectivity index (χ0) is 13.9. The van der Waals surface area contributed by atoms with E-state index in [0.717, 1.165) is 31.6 Å². The fourth-order valence-electron chi connectivity index (χ4n) is 2.51. The number of nitrogens with one attached hydrogen (secondary N) is 1. The van der Waals surface area contributed by atoms with Crippen molar-refractivity contribution in [3.8, 4) is 0 Å². The summed E-state index contributed by atoms with van der Waals surface area (Å²) in [6.07, 6.45) is 6.10. The second-order valence-corrected chi connectivity index (χ2v) is 6.18. The molecule has 0 unspecified atom stereocenters. The van der Waals surface area contributed by atoms with Crippen molar-refractivity contribution in [1.82, 2.24) is 9.97 Å². The van der Waals surface area contributed by atoms with E-state index in [1.807, 2.05) is 6.26 Å². The average molecular weight is 282 g/mol. The van der Waals surface area contributed by atoms with Gasteiger partial charge in [-0.2, -0.15) is 0 Å². The van der Waals surface area contributed by atoms with Gasteiger partial charge in [-0.05, 0) is 37.9 Å². The van der Waals surface area contributed by atoms with E-state index in [9.17, 15) is 5.11 Å². The molecule has 0 bridgehead atoms. The van der Waals surface area contributed by atoms with Crippen molar-refractivity contribution in [2.75, 3.05) is 23.9 Å². The predicted molar refractivity (Wildman–Crippen MR) is 79.3 cm³/mol. The average Bonchev–Trinajstić information content (AvgIpc) is 2.41. The monoisotopic (exact) mass is 282 g/mol. The summed E-state index contributed by atoms with van der Waals surface area (Å²) in [6, 6.07) is 1.73. The van der Waals surface area contributed by atoms with Crippen LogP contribution < -0.4 is 11.1 Å². The molecule has 1 aliphatic rings. The normalized spacial score (nSPS) is 27.2. The van der Waals surface area contributed by atoms with Crippen LogP contribution in [0, 0.1) is 5.92 Å². The van der Waals surface area contributed by atoms with Crippen LogP contribution in [0.4, 0.5) is 11.6 Å². The van der Waals surface area contributed by atoms with Crippen molar-refractivity contribution in [2.45, 2.75) is 43.3 Å². The summed E-state index contributed by atoms with van der Waals surface area (Å²) < 4.78 is 0. The molecule has 2 rings (SSSR count). The molecule has 1 heterocycles. The van der Waals surface area contributed by atoms with Crippen LogP contribution in [0.2, 0.25) is 0 Å².